The predicted octanol–water partition coefficient (Wildman–Crippen LogP) is 1.76. The van der Waals surface area contributed by atoms with Gasteiger partial charge in [0.25, 0.3) is 0 Å². The quantitative estimate of drug-likeness (QED) is 0.602. The van der Waals surface area contributed by atoms with Gasteiger partial charge < -0.3 is 5.73 Å². The number of allylic oxidation sites excluding steroid dienone is 1. The highest BCUT2D eigenvalue weighted by Gasteiger charge is 2.12. The van der Waals surface area contributed by atoms with Gasteiger partial charge in [-0.05, 0) is 12.1 Å². The Morgan fingerprint density at radius 1 is 1.53 bits per heavy atom. The van der Waals surface area contributed by atoms with E-state index >= 15 is 0 Å². The summed E-state index contributed by atoms with van der Waals surface area (Å²) in [6, 6.07) is 7.40. The molecule has 3 nitrogen and oxygen atoms in total. The van der Waals surface area contributed by atoms with Crippen LogP contribution < -0.4 is 5.73 Å². The average Bonchev–Trinajstić information content (AvgIpc) is 2.26. The maximum atomic E-state index is 13.1. The van der Waals surface area contributed by atoms with Crippen LogP contribution in [0.2, 0.25) is 0 Å². The molecular weight excluding hydrogens is 195 g/mol. The third-order valence-electron chi connectivity index (χ3n) is 1.87. The Morgan fingerprint density at radius 3 is 2.73 bits per heavy atom. The normalized spacial score (nSPS) is 10.8. The molecule has 0 bridgehead atoms. The van der Waals surface area contributed by atoms with E-state index in [-0.39, 0.29) is 17.6 Å². The summed E-state index contributed by atoms with van der Waals surface area (Å²) in [7, 11) is 0. The SMILES string of the molecule is N#C/C(=C/N)CC(=O)c1ccccc1F. The van der Waals surface area contributed by atoms with Crippen molar-refractivity contribution in [2.45, 2.75) is 6.42 Å². The van der Waals surface area contributed by atoms with Crippen molar-refractivity contribution in [3.8, 4) is 6.07 Å². The lowest BCUT2D eigenvalue weighted by atomic mass is 10.0. The Kier molecular flexibility index (Phi) is 3.58. The number of benzene rings is 1. The molecule has 1 aromatic rings. The number of rotatable bonds is 3. The molecule has 15 heavy (non-hydrogen) atoms. The maximum absolute atomic E-state index is 13.1. The lowest BCUT2D eigenvalue weighted by Gasteiger charge is -2.00. The zero-order valence-electron chi connectivity index (χ0n) is 7.90. The Bertz CT molecular complexity index is 446. The molecule has 0 aliphatic heterocycles. The second kappa shape index (κ2) is 4.91. The van der Waals surface area contributed by atoms with Crippen molar-refractivity contribution in [2.75, 3.05) is 0 Å². The van der Waals surface area contributed by atoms with Gasteiger partial charge in [0.05, 0.1) is 17.2 Å². The second-order valence-electron chi connectivity index (χ2n) is 2.88. The molecule has 0 aliphatic carbocycles. The molecule has 0 heterocycles. The molecule has 0 spiro atoms. The molecule has 0 amide bonds. The molecule has 1 rings (SSSR count). The van der Waals surface area contributed by atoms with E-state index < -0.39 is 11.6 Å². The van der Waals surface area contributed by atoms with Crippen molar-refractivity contribution in [3.05, 3.63) is 47.4 Å². The summed E-state index contributed by atoms with van der Waals surface area (Å²) < 4.78 is 13.1. The van der Waals surface area contributed by atoms with Gasteiger partial charge in [0, 0.05) is 12.6 Å². The summed E-state index contributed by atoms with van der Waals surface area (Å²) in [5.41, 5.74) is 5.22. The first kappa shape index (κ1) is 10.9. The van der Waals surface area contributed by atoms with Crippen LogP contribution in [0, 0.1) is 17.1 Å². The molecule has 2 N–H and O–H groups in total. The van der Waals surface area contributed by atoms with E-state index in [0.29, 0.717) is 0 Å². The number of ketones is 1. The van der Waals surface area contributed by atoms with Crippen LogP contribution in [0.4, 0.5) is 4.39 Å². The van der Waals surface area contributed by atoms with Crippen LogP contribution in [0.25, 0.3) is 0 Å². The fourth-order valence-electron chi connectivity index (χ4n) is 1.09. The Labute approximate surface area is 86.6 Å². The number of Topliss-reactive ketones (excluding diaryl/α,β-unsaturated/α-hetero) is 1. The topological polar surface area (TPSA) is 66.9 Å². The Balaban J connectivity index is 2.88. The van der Waals surface area contributed by atoms with Gasteiger partial charge in [0.1, 0.15) is 5.82 Å². The smallest absolute Gasteiger partial charge is 0.170 e. The summed E-state index contributed by atoms with van der Waals surface area (Å²) in [4.78, 5) is 11.5. The average molecular weight is 204 g/mol. The lowest BCUT2D eigenvalue weighted by Crippen LogP contribution is -2.04. The zero-order chi connectivity index (χ0) is 11.3. The fourth-order valence-corrected chi connectivity index (χ4v) is 1.09. The standard InChI is InChI=1S/C11H9FN2O/c12-10-4-2-1-3-9(10)11(15)5-8(6-13)7-14/h1-4,6H,5,13H2/b8-6+. The van der Waals surface area contributed by atoms with E-state index in [2.05, 4.69) is 0 Å². The van der Waals surface area contributed by atoms with Gasteiger partial charge in [-0.2, -0.15) is 5.26 Å². The summed E-state index contributed by atoms with van der Waals surface area (Å²) in [5, 5.41) is 8.55. The molecule has 4 heteroatoms. The predicted molar refractivity (Wildman–Crippen MR) is 53.2 cm³/mol. The number of carbonyl (C=O) groups is 1. The first-order valence-electron chi connectivity index (χ1n) is 4.27. The van der Waals surface area contributed by atoms with Crippen molar-refractivity contribution in [1.29, 1.82) is 5.26 Å². The third kappa shape index (κ3) is 2.64. The van der Waals surface area contributed by atoms with E-state index in [4.69, 9.17) is 11.0 Å². The number of nitrogens with two attached hydrogens (primary N) is 1. The minimum Gasteiger partial charge on any atom is -0.404 e. The number of hydrogen-bond donors (Lipinski definition) is 1. The van der Waals surface area contributed by atoms with E-state index in [1.165, 1.54) is 18.2 Å². The molecule has 0 unspecified atom stereocenters. The van der Waals surface area contributed by atoms with Crippen LogP contribution in [0.3, 0.4) is 0 Å². The summed E-state index contributed by atoms with van der Waals surface area (Å²) in [5.74, 6) is -1.04. The molecular formula is C11H9FN2O. The first-order valence-corrected chi connectivity index (χ1v) is 4.27. The molecule has 0 aromatic heterocycles. The van der Waals surface area contributed by atoms with Crippen LogP contribution in [-0.4, -0.2) is 5.78 Å². The summed E-state index contributed by atoms with van der Waals surface area (Å²) in [6.45, 7) is 0. The Hall–Kier alpha value is -2.15. The van der Waals surface area contributed by atoms with Gasteiger partial charge in [-0.3, -0.25) is 4.79 Å². The summed E-state index contributed by atoms with van der Waals surface area (Å²) >= 11 is 0. The summed E-state index contributed by atoms with van der Waals surface area (Å²) in [6.07, 6.45) is 0.882. The number of hydrogen-bond acceptors (Lipinski definition) is 3. The molecule has 0 radical (unpaired) electrons. The van der Waals surface area contributed by atoms with Crippen LogP contribution in [0.1, 0.15) is 16.8 Å². The third-order valence-corrected chi connectivity index (χ3v) is 1.87. The van der Waals surface area contributed by atoms with Crippen molar-refractivity contribution < 1.29 is 9.18 Å². The number of nitriles is 1. The van der Waals surface area contributed by atoms with Crippen molar-refractivity contribution in [3.63, 3.8) is 0 Å². The van der Waals surface area contributed by atoms with E-state index in [1.54, 1.807) is 12.1 Å². The lowest BCUT2D eigenvalue weighted by molar-refractivity contribution is 0.0990. The van der Waals surface area contributed by atoms with Crippen molar-refractivity contribution >= 4 is 5.78 Å². The van der Waals surface area contributed by atoms with Gasteiger partial charge in [-0.1, -0.05) is 12.1 Å². The fraction of sp³-hybridized carbons (Fsp3) is 0.0909. The maximum Gasteiger partial charge on any atom is 0.170 e. The molecule has 0 saturated heterocycles. The number of halogens is 1. The highest BCUT2D eigenvalue weighted by Crippen LogP contribution is 2.11. The van der Waals surface area contributed by atoms with E-state index in [1.807, 2.05) is 0 Å². The molecule has 76 valence electrons. The molecule has 0 fully saturated rings. The minimum atomic E-state index is -0.586. The molecule has 0 atom stereocenters. The minimum absolute atomic E-state index is 0.0212. The second-order valence-corrected chi connectivity index (χ2v) is 2.88. The van der Waals surface area contributed by atoms with Gasteiger partial charge in [-0.15, -0.1) is 0 Å². The van der Waals surface area contributed by atoms with Gasteiger partial charge >= 0.3 is 0 Å². The Morgan fingerprint density at radius 2 is 2.20 bits per heavy atom. The van der Waals surface area contributed by atoms with E-state index in [9.17, 15) is 9.18 Å². The van der Waals surface area contributed by atoms with Crippen molar-refractivity contribution in [2.24, 2.45) is 5.73 Å². The van der Waals surface area contributed by atoms with Gasteiger partial charge in [0.15, 0.2) is 5.78 Å². The van der Waals surface area contributed by atoms with E-state index in [0.717, 1.165) is 6.20 Å². The van der Waals surface area contributed by atoms with Crippen molar-refractivity contribution in [1.82, 2.24) is 0 Å². The van der Waals surface area contributed by atoms with Crippen LogP contribution >= 0.6 is 0 Å². The van der Waals surface area contributed by atoms with Gasteiger partial charge in [-0.25, -0.2) is 4.39 Å². The number of nitrogens with zero attached hydrogens (tertiary/aromatic N) is 1. The van der Waals surface area contributed by atoms with Crippen LogP contribution in [0.15, 0.2) is 36.0 Å². The zero-order valence-corrected chi connectivity index (χ0v) is 7.90. The molecule has 1 aromatic carbocycles. The monoisotopic (exact) mass is 204 g/mol. The largest absolute Gasteiger partial charge is 0.404 e. The molecule has 0 aliphatic rings. The highest BCUT2D eigenvalue weighted by atomic mass is 19.1. The number of carbonyl (C=O) groups excluding carboxylic acids is 1. The highest BCUT2D eigenvalue weighted by molar-refractivity contribution is 5.98. The van der Waals surface area contributed by atoms with Crippen LogP contribution in [0.5, 0.6) is 0 Å². The van der Waals surface area contributed by atoms with Crippen LogP contribution in [-0.2, 0) is 0 Å². The first-order chi connectivity index (χ1) is 7.19. The van der Waals surface area contributed by atoms with Gasteiger partial charge in [0.2, 0.25) is 0 Å². The molecule has 0 saturated carbocycles.